The van der Waals surface area contributed by atoms with E-state index in [1.165, 1.54) is 12.3 Å². The molecule has 0 fully saturated rings. The van der Waals surface area contributed by atoms with Crippen molar-refractivity contribution >= 4 is 40.7 Å². The first-order valence-electron chi connectivity index (χ1n) is 6.59. The number of amides is 1. The van der Waals surface area contributed by atoms with Crippen molar-refractivity contribution in [2.24, 2.45) is 5.92 Å². The van der Waals surface area contributed by atoms with Crippen LogP contribution in [-0.4, -0.2) is 16.7 Å². The summed E-state index contributed by atoms with van der Waals surface area (Å²) in [6, 6.07) is 11.3. The lowest BCUT2D eigenvalue weighted by Crippen LogP contribution is -2.30. The minimum atomic E-state index is -1.44. The Hall–Kier alpha value is -2.42. The van der Waals surface area contributed by atoms with Crippen molar-refractivity contribution in [2.45, 2.75) is 6.42 Å². The molecular formula is C16H11Cl2N3O2. The van der Waals surface area contributed by atoms with Crippen molar-refractivity contribution in [3.63, 3.8) is 0 Å². The van der Waals surface area contributed by atoms with Crippen molar-refractivity contribution in [2.75, 3.05) is 5.32 Å². The van der Waals surface area contributed by atoms with Crippen LogP contribution in [0.25, 0.3) is 0 Å². The predicted octanol–water partition coefficient (Wildman–Crippen LogP) is 3.28. The van der Waals surface area contributed by atoms with Crippen LogP contribution in [-0.2, 0) is 16.0 Å². The topological polar surface area (TPSA) is 82.8 Å². The molecule has 2 aromatic rings. The summed E-state index contributed by atoms with van der Waals surface area (Å²) < 4.78 is 0. The number of pyridine rings is 1. The van der Waals surface area contributed by atoms with Crippen LogP contribution in [0.5, 0.6) is 0 Å². The normalized spacial score (nSPS) is 11.3. The fourth-order valence-electron chi connectivity index (χ4n) is 1.87. The summed E-state index contributed by atoms with van der Waals surface area (Å²) in [5.41, 5.74) is 0.506. The van der Waals surface area contributed by atoms with Crippen molar-refractivity contribution in [3.05, 3.63) is 58.2 Å². The van der Waals surface area contributed by atoms with Crippen LogP contribution >= 0.6 is 23.2 Å². The molecule has 0 aliphatic heterocycles. The molecule has 0 radical (unpaired) electrons. The largest absolute Gasteiger partial charge is 0.309 e. The van der Waals surface area contributed by atoms with E-state index < -0.39 is 17.6 Å². The first-order chi connectivity index (χ1) is 11.0. The second-order valence-corrected chi connectivity index (χ2v) is 5.49. The van der Waals surface area contributed by atoms with Crippen LogP contribution in [0.4, 0.5) is 5.82 Å². The summed E-state index contributed by atoms with van der Waals surface area (Å²) >= 11 is 11.8. The molecule has 2 rings (SSSR count). The van der Waals surface area contributed by atoms with E-state index in [2.05, 4.69) is 10.3 Å². The molecule has 0 spiro atoms. The smallest absolute Gasteiger partial charge is 0.250 e. The molecule has 1 atom stereocenters. The zero-order chi connectivity index (χ0) is 16.8. The van der Waals surface area contributed by atoms with Gasteiger partial charge in [-0.05, 0) is 29.8 Å². The highest BCUT2D eigenvalue weighted by Gasteiger charge is 2.27. The molecule has 7 heteroatoms. The number of benzene rings is 1. The minimum absolute atomic E-state index is 0.135. The third-order valence-electron chi connectivity index (χ3n) is 3.01. The van der Waals surface area contributed by atoms with Crippen molar-refractivity contribution < 1.29 is 9.59 Å². The first-order valence-corrected chi connectivity index (χ1v) is 7.35. The van der Waals surface area contributed by atoms with Crippen LogP contribution in [0.2, 0.25) is 10.0 Å². The van der Waals surface area contributed by atoms with Crippen molar-refractivity contribution in [1.82, 2.24) is 4.98 Å². The first kappa shape index (κ1) is 16.9. The van der Waals surface area contributed by atoms with Gasteiger partial charge >= 0.3 is 0 Å². The Kier molecular flexibility index (Phi) is 5.69. The Morgan fingerprint density at radius 1 is 1.26 bits per heavy atom. The van der Waals surface area contributed by atoms with Gasteiger partial charge < -0.3 is 5.32 Å². The standard InChI is InChI=1S/C16H11Cl2N3O2/c17-11-5-4-10(13(18)8-11)7-14(22)12(9-19)16(23)21-15-3-1-2-6-20-15/h1-6,8,12H,7H2,(H,20,21,23)/t12-/m1/s1. The van der Waals surface area contributed by atoms with E-state index in [0.717, 1.165) is 0 Å². The molecule has 0 aliphatic carbocycles. The SMILES string of the molecule is N#C[C@H](C(=O)Cc1ccc(Cl)cc1Cl)C(=O)Nc1ccccn1. The Morgan fingerprint density at radius 2 is 2.04 bits per heavy atom. The van der Waals surface area contributed by atoms with Gasteiger partial charge in [-0.3, -0.25) is 9.59 Å². The summed E-state index contributed by atoms with van der Waals surface area (Å²) in [5, 5.41) is 12.3. The Bertz CT molecular complexity index is 773. The summed E-state index contributed by atoms with van der Waals surface area (Å²) in [7, 11) is 0. The summed E-state index contributed by atoms with van der Waals surface area (Å²) in [5.74, 6) is -2.44. The van der Waals surface area contributed by atoms with Crippen LogP contribution in [0.3, 0.4) is 0 Å². The summed E-state index contributed by atoms with van der Waals surface area (Å²) in [6.07, 6.45) is 1.36. The number of nitriles is 1. The van der Waals surface area contributed by atoms with E-state index in [-0.39, 0.29) is 12.2 Å². The van der Waals surface area contributed by atoms with Gasteiger partial charge in [0.25, 0.3) is 5.91 Å². The number of nitrogens with one attached hydrogen (secondary N) is 1. The van der Waals surface area contributed by atoms with Crippen LogP contribution in [0.15, 0.2) is 42.6 Å². The monoisotopic (exact) mass is 347 g/mol. The molecule has 0 bridgehead atoms. The third-order valence-corrected chi connectivity index (χ3v) is 3.60. The van der Waals surface area contributed by atoms with Crippen LogP contribution in [0, 0.1) is 17.2 Å². The number of hydrogen-bond donors (Lipinski definition) is 1. The van der Waals surface area contributed by atoms with E-state index in [0.29, 0.717) is 15.6 Å². The number of Topliss-reactive ketones (excluding diaryl/α,β-unsaturated/α-hetero) is 1. The molecule has 0 saturated heterocycles. The second-order valence-electron chi connectivity index (χ2n) is 4.65. The lowest BCUT2D eigenvalue weighted by atomic mass is 9.98. The van der Waals surface area contributed by atoms with Crippen molar-refractivity contribution in [3.8, 4) is 6.07 Å². The molecule has 0 saturated carbocycles. The number of rotatable bonds is 5. The molecule has 1 amide bonds. The highest BCUT2D eigenvalue weighted by Crippen LogP contribution is 2.22. The fraction of sp³-hybridized carbons (Fsp3) is 0.125. The molecule has 116 valence electrons. The maximum Gasteiger partial charge on any atom is 0.250 e. The zero-order valence-corrected chi connectivity index (χ0v) is 13.3. The van der Waals surface area contributed by atoms with Gasteiger partial charge in [0.05, 0.1) is 6.07 Å². The van der Waals surface area contributed by atoms with Gasteiger partial charge in [0.1, 0.15) is 5.82 Å². The number of hydrogen-bond acceptors (Lipinski definition) is 4. The highest BCUT2D eigenvalue weighted by molar-refractivity contribution is 6.35. The van der Waals surface area contributed by atoms with Gasteiger partial charge in [-0.1, -0.05) is 35.3 Å². The molecule has 1 heterocycles. The number of aromatic nitrogens is 1. The van der Waals surface area contributed by atoms with E-state index >= 15 is 0 Å². The third kappa shape index (κ3) is 4.52. The van der Waals surface area contributed by atoms with Gasteiger partial charge in [0.2, 0.25) is 0 Å². The van der Waals surface area contributed by atoms with Crippen molar-refractivity contribution in [1.29, 1.82) is 5.26 Å². The molecular weight excluding hydrogens is 337 g/mol. The number of anilines is 1. The molecule has 1 aromatic heterocycles. The lowest BCUT2D eigenvalue weighted by Gasteiger charge is -2.10. The minimum Gasteiger partial charge on any atom is -0.309 e. The zero-order valence-electron chi connectivity index (χ0n) is 11.8. The Balaban J connectivity index is 2.09. The average Bonchev–Trinajstić information content (AvgIpc) is 2.52. The molecule has 1 aromatic carbocycles. The molecule has 1 N–H and O–H groups in total. The van der Waals surface area contributed by atoms with Gasteiger partial charge in [-0.15, -0.1) is 0 Å². The average molecular weight is 348 g/mol. The Morgan fingerprint density at radius 3 is 2.65 bits per heavy atom. The fourth-order valence-corrected chi connectivity index (χ4v) is 2.34. The van der Waals surface area contributed by atoms with Gasteiger partial charge in [-0.2, -0.15) is 5.26 Å². The maximum absolute atomic E-state index is 12.2. The maximum atomic E-state index is 12.2. The summed E-state index contributed by atoms with van der Waals surface area (Å²) in [4.78, 5) is 28.2. The molecule has 23 heavy (non-hydrogen) atoms. The molecule has 0 aliphatic rings. The van der Waals surface area contributed by atoms with E-state index in [4.69, 9.17) is 28.5 Å². The number of carbonyl (C=O) groups is 2. The number of carbonyl (C=O) groups excluding carboxylic acids is 2. The Labute approximate surface area is 142 Å². The van der Waals surface area contributed by atoms with Crippen LogP contribution < -0.4 is 5.32 Å². The van der Waals surface area contributed by atoms with E-state index in [1.54, 1.807) is 36.4 Å². The molecule has 0 unspecified atom stereocenters. The summed E-state index contributed by atoms with van der Waals surface area (Å²) in [6.45, 7) is 0. The predicted molar refractivity (Wildman–Crippen MR) is 87.1 cm³/mol. The van der Waals surface area contributed by atoms with Gasteiger partial charge in [-0.25, -0.2) is 4.98 Å². The van der Waals surface area contributed by atoms with Crippen LogP contribution in [0.1, 0.15) is 5.56 Å². The number of nitrogens with zero attached hydrogens (tertiary/aromatic N) is 2. The van der Waals surface area contributed by atoms with Gasteiger partial charge in [0, 0.05) is 22.7 Å². The lowest BCUT2D eigenvalue weighted by molar-refractivity contribution is -0.128. The van der Waals surface area contributed by atoms with Gasteiger partial charge in [0.15, 0.2) is 11.7 Å². The molecule has 5 nitrogen and oxygen atoms in total. The number of halogens is 2. The highest BCUT2D eigenvalue weighted by atomic mass is 35.5. The second kappa shape index (κ2) is 7.73. The quantitative estimate of drug-likeness (QED) is 0.841. The van der Waals surface area contributed by atoms with E-state index in [9.17, 15) is 9.59 Å². The number of ketones is 1. The van der Waals surface area contributed by atoms with E-state index in [1.807, 2.05) is 0 Å².